The molecule has 3 amide bonds. The number of hydrogen-bond donors (Lipinski definition) is 1. The van der Waals surface area contributed by atoms with Crippen molar-refractivity contribution in [1.29, 1.82) is 0 Å². The Kier molecular flexibility index (Phi) is 5.58. The Labute approximate surface area is 170 Å². The fourth-order valence-electron chi connectivity index (χ4n) is 3.05. The molecule has 0 aliphatic carbocycles. The predicted molar refractivity (Wildman–Crippen MR) is 103 cm³/mol. The number of rotatable bonds is 7. The van der Waals surface area contributed by atoms with E-state index in [1.165, 1.54) is 12.1 Å². The summed E-state index contributed by atoms with van der Waals surface area (Å²) in [7, 11) is 0. The second-order valence-corrected chi connectivity index (χ2v) is 6.69. The van der Waals surface area contributed by atoms with Crippen LogP contribution in [0.1, 0.15) is 48.6 Å². The molecule has 0 saturated heterocycles. The average Bonchev–Trinajstić information content (AvgIpc) is 2.94. The minimum atomic E-state index is -0.821. The zero-order valence-electron chi connectivity index (χ0n) is 15.9. The molecular weight excluding hydrogens is 394 g/mol. The number of esters is 1. The summed E-state index contributed by atoms with van der Waals surface area (Å²) in [6, 6.07) is 8.47. The van der Waals surface area contributed by atoms with E-state index in [-0.39, 0.29) is 29.7 Å². The van der Waals surface area contributed by atoms with Gasteiger partial charge in [0.2, 0.25) is 5.91 Å². The first-order valence-electron chi connectivity index (χ1n) is 8.88. The van der Waals surface area contributed by atoms with Crippen LogP contribution in [0.25, 0.3) is 0 Å². The molecule has 2 aromatic carbocycles. The minimum Gasteiger partial charge on any atom is -0.460 e. The number of imide groups is 1. The molecule has 0 aromatic heterocycles. The fourth-order valence-corrected chi connectivity index (χ4v) is 3.05. The van der Waals surface area contributed by atoms with E-state index in [2.05, 4.69) is 0 Å². The van der Waals surface area contributed by atoms with Crippen molar-refractivity contribution in [3.63, 3.8) is 0 Å². The number of benzene rings is 2. The Morgan fingerprint density at radius 3 is 2.47 bits per heavy atom. The number of aryl methyl sites for hydroxylation is 1. The first-order valence-corrected chi connectivity index (χ1v) is 8.88. The van der Waals surface area contributed by atoms with E-state index in [0.29, 0.717) is 5.56 Å². The number of primary amides is 1. The first-order chi connectivity index (χ1) is 14.2. The van der Waals surface area contributed by atoms with Crippen LogP contribution in [0.4, 0.5) is 5.69 Å². The maximum absolute atomic E-state index is 12.4. The SMILES string of the molecule is Cc1ccc2c(c1)C(=O)N(CCC(=O)OCc1ccc(C(N)=O)cc1[N+](=O)[O-])C2=O. The lowest BCUT2D eigenvalue weighted by Gasteiger charge is -2.13. The topological polar surface area (TPSA) is 150 Å². The van der Waals surface area contributed by atoms with Gasteiger partial charge in [-0.2, -0.15) is 0 Å². The van der Waals surface area contributed by atoms with E-state index in [1.807, 2.05) is 0 Å². The number of amides is 3. The van der Waals surface area contributed by atoms with Crippen molar-refractivity contribution in [2.45, 2.75) is 20.0 Å². The van der Waals surface area contributed by atoms with Gasteiger partial charge >= 0.3 is 5.97 Å². The van der Waals surface area contributed by atoms with Crippen LogP contribution in [0.3, 0.4) is 0 Å². The van der Waals surface area contributed by atoms with Crippen LogP contribution in [-0.4, -0.2) is 40.1 Å². The van der Waals surface area contributed by atoms with Crippen LogP contribution in [-0.2, 0) is 16.1 Å². The van der Waals surface area contributed by atoms with Gasteiger partial charge in [-0.3, -0.25) is 34.2 Å². The largest absolute Gasteiger partial charge is 0.460 e. The van der Waals surface area contributed by atoms with Crippen molar-refractivity contribution in [3.05, 3.63) is 74.3 Å². The van der Waals surface area contributed by atoms with Crippen molar-refractivity contribution in [3.8, 4) is 0 Å². The zero-order valence-corrected chi connectivity index (χ0v) is 15.9. The minimum absolute atomic E-state index is 0.0439. The van der Waals surface area contributed by atoms with E-state index in [9.17, 15) is 29.3 Å². The number of nitrogens with two attached hydrogens (primary N) is 1. The van der Waals surface area contributed by atoms with E-state index in [1.54, 1.807) is 25.1 Å². The highest BCUT2D eigenvalue weighted by atomic mass is 16.6. The second kappa shape index (κ2) is 8.11. The maximum atomic E-state index is 12.4. The molecule has 154 valence electrons. The van der Waals surface area contributed by atoms with E-state index in [4.69, 9.17) is 10.5 Å². The number of nitro groups is 1. The van der Waals surface area contributed by atoms with Gasteiger partial charge < -0.3 is 10.5 Å². The summed E-state index contributed by atoms with van der Waals surface area (Å²) >= 11 is 0. The van der Waals surface area contributed by atoms with Gasteiger partial charge in [0.25, 0.3) is 17.5 Å². The molecular formula is C20H17N3O7. The van der Waals surface area contributed by atoms with Crippen LogP contribution >= 0.6 is 0 Å². The fraction of sp³-hybridized carbons (Fsp3) is 0.200. The van der Waals surface area contributed by atoms with Crippen LogP contribution in [0.15, 0.2) is 36.4 Å². The first kappa shape index (κ1) is 20.6. The molecule has 1 heterocycles. The number of fused-ring (bicyclic) bond motifs is 1. The van der Waals surface area contributed by atoms with Crippen LogP contribution in [0.5, 0.6) is 0 Å². The summed E-state index contributed by atoms with van der Waals surface area (Å²) in [5.74, 6) is -2.53. The summed E-state index contributed by atoms with van der Waals surface area (Å²) in [6.07, 6.45) is -0.266. The third-order valence-electron chi connectivity index (χ3n) is 4.62. The van der Waals surface area contributed by atoms with Crippen LogP contribution in [0, 0.1) is 17.0 Å². The second-order valence-electron chi connectivity index (χ2n) is 6.69. The molecule has 0 atom stereocenters. The van der Waals surface area contributed by atoms with Gasteiger partial charge in [0.1, 0.15) is 6.61 Å². The molecule has 1 aliphatic heterocycles. The summed E-state index contributed by atoms with van der Waals surface area (Å²) in [5, 5.41) is 11.2. The number of nitro benzene ring substituents is 1. The Morgan fingerprint density at radius 2 is 1.80 bits per heavy atom. The highest BCUT2D eigenvalue weighted by Crippen LogP contribution is 2.24. The van der Waals surface area contributed by atoms with Gasteiger partial charge in [-0.25, -0.2) is 0 Å². The molecule has 10 nitrogen and oxygen atoms in total. The molecule has 0 spiro atoms. The lowest BCUT2D eigenvalue weighted by molar-refractivity contribution is -0.385. The number of carbonyl (C=O) groups is 4. The predicted octanol–water partition coefficient (Wildman–Crippen LogP) is 1.73. The number of ether oxygens (including phenoxy) is 1. The summed E-state index contributed by atoms with van der Waals surface area (Å²) in [6.45, 7) is 1.22. The summed E-state index contributed by atoms with van der Waals surface area (Å²) < 4.78 is 5.04. The number of hydrogen-bond acceptors (Lipinski definition) is 7. The van der Waals surface area contributed by atoms with Crippen LogP contribution in [0.2, 0.25) is 0 Å². The molecule has 0 unspecified atom stereocenters. The van der Waals surface area contributed by atoms with Gasteiger partial charge in [0.05, 0.1) is 28.0 Å². The van der Waals surface area contributed by atoms with Crippen molar-refractivity contribution >= 4 is 29.4 Å². The molecule has 30 heavy (non-hydrogen) atoms. The molecule has 3 rings (SSSR count). The Bertz CT molecular complexity index is 1090. The van der Waals surface area contributed by atoms with Crippen LogP contribution < -0.4 is 5.73 Å². The normalized spacial score (nSPS) is 12.6. The molecule has 0 fully saturated rings. The van der Waals surface area contributed by atoms with Gasteiger partial charge in [0.15, 0.2) is 0 Å². The van der Waals surface area contributed by atoms with Crippen molar-refractivity contribution in [2.75, 3.05) is 6.54 Å². The molecule has 1 aliphatic rings. The quantitative estimate of drug-likeness (QED) is 0.315. The van der Waals surface area contributed by atoms with Gasteiger partial charge in [-0.15, -0.1) is 0 Å². The van der Waals surface area contributed by atoms with Gasteiger partial charge in [0, 0.05) is 18.2 Å². The maximum Gasteiger partial charge on any atom is 0.307 e. The number of nitrogens with zero attached hydrogens (tertiary/aromatic N) is 2. The van der Waals surface area contributed by atoms with Crippen molar-refractivity contribution < 1.29 is 28.8 Å². The highest BCUT2D eigenvalue weighted by molar-refractivity contribution is 6.21. The van der Waals surface area contributed by atoms with Crippen molar-refractivity contribution in [2.24, 2.45) is 5.73 Å². The molecule has 10 heteroatoms. The molecule has 2 aromatic rings. The molecule has 0 radical (unpaired) electrons. The Hall–Kier alpha value is -4.08. The Balaban J connectivity index is 1.61. The third kappa shape index (κ3) is 4.02. The standard InChI is InChI=1S/C20H17N3O7/c1-11-2-5-14-15(8-11)20(27)22(19(14)26)7-6-17(24)30-10-13-4-3-12(18(21)25)9-16(13)23(28)29/h2-5,8-9H,6-7,10H2,1H3,(H2,21,25). The summed E-state index contributed by atoms with van der Waals surface area (Å²) in [5.41, 5.74) is 6.14. The molecule has 0 saturated carbocycles. The molecule has 2 N–H and O–H groups in total. The smallest absolute Gasteiger partial charge is 0.307 e. The monoisotopic (exact) mass is 411 g/mol. The third-order valence-corrected chi connectivity index (χ3v) is 4.62. The van der Waals surface area contributed by atoms with E-state index < -0.39 is 40.9 Å². The average molecular weight is 411 g/mol. The lowest BCUT2D eigenvalue weighted by Crippen LogP contribution is -2.32. The Morgan fingerprint density at radius 1 is 1.10 bits per heavy atom. The van der Waals surface area contributed by atoms with Gasteiger partial charge in [-0.1, -0.05) is 11.6 Å². The highest BCUT2D eigenvalue weighted by Gasteiger charge is 2.35. The molecule has 0 bridgehead atoms. The van der Waals surface area contributed by atoms with E-state index >= 15 is 0 Å². The van der Waals surface area contributed by atoms with Gasteiger partial charge in [-0.05, 0) is 31.2 Å². The number of carbonyl (C=O) groups excluding carboxylic acids is 4. The van der Waals surface area contributed by atoms with Crippen molar-refractivity contribution in [1.82, 2.24) is 4.90 Å². The summed E-state index contributed by atoms with van der Waals surface area (Å²) in [4.78, 5) is 59.4. The van der Waals surface area contributed by atoms with E-state index in [0.717, 1.165) is 16.5 Å². The lowest BCUT2D eigenvalue weighted by atomic mass is 10.1. The zero-order chi connectivity index (χ0) is 22.0.